The molecule has 442 valence electrons. The fourth-order valence-electron chi connectivity index (χ4n) is 10.4. The third-order valence-electron chi connectivity index (χ3n) is 15.5. The molecule has 0 heterocycles. The van der Waals surface area contributed by atoms with Crippen molar-refractivity contribution in [2.75, 3.05) is 13.2 Å². The van der Waals surface area contributed by atoms with Crippen molar-refractivity contribution in [2.45, 2.75) is 386 Å². The standard InChI is InChI=1S/C69H130O6/c1-4-7-10-13-16-19-22-25-28-29-30-31-32-33-34-35-36-37-38-39-42-44-47-50-53-56-59-62-68(71)74-65-66(75-69(72)63-60-57-54-51-48-45-41-27-24-21-18-15-12-9-6-3)64-73-67(70)61-58-55-52-49-46-43-40-26-23-20-17-14-11-8-5-2/h22,25,29-30,66H,4-21,23-24,26-28,31-65H2,1-3H3/b25-22-,30-29-. The molecular weight excluding hydrogens is 925 g/mol. The maximum absolute atomic E-state index is 12.9. The fourth-order valence-corrected chi connectivity index (χ4v) is 10.4. The van der Waals surface area contributed by atoms with Gasteiger partial charge in [-0.3, -0.25) is 14.4 Å². The van der Waals surface area contributed by atoms with Gasteiger partial charge in [-0.25, -0.2) is 0 Å². The van der Waals surface area contributed by atoms with Crippen LogP contribution in [0.5, 0.6) is 0 Å². The molecule has 0 aromatic heterocycles. The lowest BCUT2D eigenvalue weighted by Gasteiger charge is -2.18. The predicted molar refractivity (Wildman–Crippen MR) is 326 cm³/mol. The van der Waals surface area contributed by atoms with Crippen LogP contribution in [0.3, 0.4) is 0 Å². The van der Waals surface area contributed by atoms with Gasteiger partial charge < -0.3 is 14.2 Å². The Morgan fingerprint density at radius 2 is 0.480 bits per heavy atom. The van der Waals surface area contributed by atoms with Gasteiger partial charge in [-0.1, -0.05) is 334 Å². The molecule has 0 bridgehead atoms. The lowest BCUT2D eigenvalue weighted by atomic mass is 10.0. The highest BCUT2D eigenvalue weighted by Gasteiger charge is 2.19. The molecule has 1 atom stereocenters. The number of carbonyl (C=O) groups is 3. The number of unbranched alkanes of at least 4 members (excludes halogenated alkanes) is 48. The molecule has 6 heteroatoms. The SMILES string of the molecule is CCCCCCC/C=C\C/C=C\CCCCCCCCCCCCCCCCCC(=O)OCC(COC(=O)CCCCCCCCCCCCCCCCC)OC(=O)CCCCCCCCCCCCCCCCC. The first kappa shape index (κ1) is 72.9. The molecular formula is C69H130O6. The Morgan fingerprint density at radius 1 is 0.267 bits per heavy atom. The van der Waals surface area contributed by atoms with Crippen LogP contribution in [-0.2, 0) is 28.6 Å². The minimum Gasteiger partial charge on any atom is -0.462 e. The average Bonchev–Trinajstić information content (AvgIpc) is 3.41. The first-order chi connectivity index (χ1) is 37.0. The minimum absolute atomic E-state index is 0.0637. The molecule has 0 saturated heterocycles. The van der Waals surface area contributed by atoms with E-state index in [2.05, 4.69) is 45.1 Å². The van der Waals surface area contributed by atoms with Crippen molar-refractivity contribution in [1.82, 2.24) is 0 Å². The molecule has 6 nitrogen and oxygen atoms in total. The predicted octanol–water partition coefficient (Wildman–Crippen LogP) is 23.0. The van der Waals surface area contributed by atoms with Crippen LogP contribution in [0, 0.1) is 0 Å². The van der Waals surface area contributed by atoms with Crippen LogP contribution in [0.1, 0.15) is 380 Å². The summed E-state index contributed by atoms with van der Waals surface area (Å²) in [4.78, 5) is 38.3. The number of ether oxygens (including phenoxy) is 3. The summed E-state index contributed by atoms with van der Waals surface area (Å²) in [6.45, 7) is 6.71. The molecule has 0 radical (unpaired) electrons. The molecule has 0 N–H and O–H groups in total. The summed E-state index contributed by atoms with van der Waals surface area (Å²) in [5, 5.41) is 0. The van der Waals surface area contributed by atoms with Crippen molar-refractivity contribution in [1.29, 1.82) is 0 Å². The summed E-state index contributed by atoms with van der Waals surface area (Å²) < 4.78 is 17.0. The van der Waals surface area contributed by atoms with E-state index in [4.69, 9.17) is 14.2 Å². The van der Waals surface area contributed by atoms with Gasteiger partial charge in [0, 0.05) is 19.3 Å². The van der Waals surface area contributed by atoms with Crippen molar-refractivity contribution in [3.63, 3.8) is 0 Å². The number of esters is 3. The largest absolute Gasteiger partial charge is 0.462 e. The smallest absolute Gasteiger partial charge is 0.306 e. The highest BCUT2D eigenvalue weighted by Crippen LogP contribution is 2.18. The topological polar surface area (TPSA) is 78.9 Å². The Bertz CT molecular complexity index is 1210. The average molecular weight is 1060 g/mol. The molecule has 0 amide bonds. The van der Waals surface area contributed by atoms with Crippen LogP contribution in [0.4, 0.5) is 0 Å². The van der Waals surface area contributed by atoms with Crippen molar-refractivity contribution < 1.29 is 28.6 Å². The zero-order valence-corrected chi connectivity index (χ0v) is 50.8. The number of hydrogen-bond acceptors (Lipinski definition) is 6. The molecule has 0 rings (SSSR count). The quantitative estimate of drug-likeness (QED) is 0.0261. The lowest BCUT2D eigenvalue weighted by Crippen LogP contribution is -2.30. The number of hydrogen-bond donors (Lipinski definition) is 0. The summed E-state index contributed by atoms with van der Waals surface area (Å²) in [6, 6.07) is 0. The van der Waals surface area contributed by atoms with Crippen LogP contribution < -0.4 is 0 Å². The van der Waals surface area contributed by atoms with Gasteiger partial charge in [0.1, 0.15) is 13.2 Å². The Kier molecular flexibility index (Phi) is 62.6. The second-order valence-corrected chi connectivity index (χ2v) is 23.1. The molecule has 0 aliphatic carbocycles. The van der Waals surface area contributed by atoms with Crippen molar-refractivity contribution >= 4 is 17.9 Å². The molecule has 75 heavy (non-hydrogen) atoms. The van der Waals surface area contributed by atoms with E-state index < -0.39 is 6.10 Å². The Balaban J connectivity index is 4.20. The van der Waals surface area contributed by atoms with Crippen molar-refractivity contribution in [3.05, 3.63) is 24.3 Å². The maximum Gasteiger partial charge on any atom is 0.306 e. The van der Waals surface area contributed by atoms with Crippen LogP contribution in [-0.4, -0.2) is 37.2 Å². The summed E-state index contributed by atoms with van der Waals surface area (Å²) >= 11 is 0. The highest BCUT2D eigenvalue weighted by atomic mass is 16.6. The number of carbonyl (C=O) groups excluding carboxylic acids is 3. The molecule has 0 aromatic rings. The molecule has 0 aliphatic rings. The third-order valence-corrected chi connectivity index (χ3v) is 15.5. The monoisotopic (exact) mass is 1050 g/mol. The third kappa shape index (κ3) is 62.6. The molecule has 0 fully saturated rings. The number of allylic oxidation sites excluding steroid dienone is 4. The van der Waals surface area contributed by atoms with E-state index in [0.717, 1.165) is 64.2 Å². The van der Waals surface area contributed by atoms with Gasteiger partial charge in [0.15, 0.2) is 6.10 Å². The van der Waals surface area contributed by atoms with E-state index in [1.54, 1.807) is 0 Å². The van der Waals surface area contributed by atoms with E-state index in [1.807, 2.05) is 0 Å². The first-order valence-electron chi connectivity index (χ1n) is 33.8. The molecule has 0 spiro atoms. The van der Waals surface area contributed by atoms with Gasteiger partial charge in [0.25, 0.3) is 0 Å². The van der Waals surface area contributed by atoms with Crippen LogP contribution in [0.2, 0.25) is 0 Å². The lowest BCUT2D eigenvalue weighted by molar-refractivity contribution is -0.167. The second kappa shape index (κ2) is 64.4. The van der Waals surface area contributed by atoms with Crippen LogP contribution in [0.25, 0.3) is 0 Å². The zero-order valence-electron chi connectivity index (χ0n) is 50.8. The van der Waals surface area contributed by atoms with E-state index in [9.17, 15) is 14.4 Å². The summed E-state index contributed by atoms with van der Waals surface area (Å²) in [6.07, 6.45) is 77.7. The van der Waals surface area contributed by atoms with Gasteiger partial charge in [-0.15, -0.1) is 0 Å². The minimum atomic E-state index is -0.766. The molecule has 0 saturated carbocycles. The summed E-state index contributed by atoms with van der Waals surface area (Å²) in [7, 11) is 0. The van der Waals surface area contributed by atoms with Gasteiger partial charge in [-0.2, -0.15) is 0 Å². The van der Waals surface area contributed by atoms with E-state index in [-0.39, 0.29) is 31.1 Å². The second-order valence-electron chi connectivity index (χ2n) is 23.1. The van der Waals surface area contributed by atoms with Crippen molar-refractivity contribution in [3.8, 4) is 0 Å². The molecule has 1 unspecified atom stereocenters. The summed E-state index contributed by atoms with van der Waals surface area (Å²) in [5.41, 5.74) is 0. The van der Waals surface area contributed by atoms with Crippen LogP contribution >= 0.6 is 0 Å². The Hall–Kier alpha value is -2.11. The summed E-state index contributed by atoms with van der Waals surface area (Å²) in [5.74, 6) is -0.832. The normalized spacial score (nSPS) is 12.1. The number of rotatable bonds is 63. The molecule has 0 aromatic carbocycles. The van der Waals surface area contributed by atoms with Gasteiger partial charge in [-0.05, 0) is 51.4 Å². The van der Waals surface area contributed by atoms with Gasteiger partial charge in [0.2, 0.25) is 0 Å². The first-order valence-corrected chi connectivity index (χ1v) is 33.8. The van der Waals surface area contributed by atoms with Gasteiger partial charge in [0.05, 0.1) is 0 Å². The van der Waals surface area contributed by atoms with E-state index in [0.29, 0.717) is 19.3 Å². The zero-order chi connectivity index (χ0) is 54.3. The maximum atomic E-state index is 12.9. The van der Waals surface area contributed by atoms with Crippen molar-refractivity contribution in [2.24, 2.45) is 0 Å². The van der Waals surface area contributed by atoms with E-state index >= 15 is 0 Å². The van der Waals surface area contributed by atoms with Gasteiger partial charge >= 0.3 is 17.9 Å². The molecule has 0 aliphatic heterocycles. The van der Waals surface area contributed by atoms with E-state index in [1.165, 1.54) is 276 Å². The highest BCUT2D eigenvalue weighted by molar-refractivity contribution is 5.71. The Labute approximate surface area is 468 Å². The fraction of sp³-hybridized carbons (Fsp3) is 0.899. The van der Waals surface area contributed by atoms with Crippen LogP contribution in [0.15, 0.2) is 24.3 Å². The Morgan fingerprint density at radius 3 is 0.733 bits per heavy atom.